The molecular formula is C22H20ClNO5. The van der Waals surface area contributed by atoms with Crippen LogP contribution in [0.2, 0.25) is 5.02 Å². The van der Waals surface area contributed by atoms with Crippen LogP contribution in [0.25, 0.3) is 5.76 Å². The number of carboxylic acid groups (broad SMARTS) is 1. The van der Waals surface area contributed by atoms with Crippen LogP contribution in [0.15, 0.2) is 54.1 Å². The fraction of sp³-hybridized carbons (Fsp3) is 0.227. The molecule has 1 saturated heterocycles. The average molecular weight is 414 g/mol. The van der Waals surface area contributed by atoms with Gasteiger partial charge in [0.15, 0.2) is 0 Å². The summed E-state index contributed by atoms with van der Waals surface area (Å²) >= 11 is 5.88. The molecular weight excluding hydrogens is 394 g/mol. The van der Waals surface area contributed by atoms with Gasteiger partial charge in [-0.15, -0.1) is 0 Å². The molecule has 3 rings (SSSR count). The van der Waals surface area contributed by atoms with Gasteiger partial charge in [-0.2, -0.15) is 0 Å². The minimum atomic E-state index is -1.25. The summed E-state index contributed by atoms with van der Waals surface area (Å²) in [5.74, 6) is -3.21. The Labute approximate surface area is 173 Å². The van der Waals surface area contributed by atoms with Gasteiger partial charge in [-0.3, -0.25) is 14.4 Å². The zero-order valence-electron chi connectivity index (χ0n) is 15.9. The first-order valence-electron chi connectivity index (χ1n) is 9.06. The fourth-order valence-electron chi connectivity index (χ4n) is 3.36. The van der Waals surface area contributed by atoms with Gasteiger partial charge in [-0.25, -0.2) is 0 Å². The Kier molecular flexibility index (Phi) is 5.75. The summed E-state index contributed by atoms with van der Waals surface area (Å²) in [6.45, 7) is 3.41. The summed E-state index contributed by atoms with van der Waals surface area (Å²) in [6.07, 6.45) is 0. The third kappa shape index (κ3) is 4.03. The molecule has 0 radical (unpaired) electrons. The Bertz CT molecular complexity index is 993. The largest absolute Gasteiger partial charge is 0.507 e. The first kappa shape index (κ1) is 20.6. The number of halogens is 1. The molecule has 2 aromatic carbocycles. The number of aliphatic carboxylic acids is 1. The van der Waals surface area contributed by atoms with Gasteiger partial charge >= 0.3 is 5.97 Å². The van der Waals surface area contributed by atoms with Crippen molar-refractivity contribution < 1.29 is 24.6 Å². The van der Waals surface area contributed by atoms with Crippen LogP contribution in [0, 0.1) is 0 Å². The molecule has 1 aliphatic rings. The predicted octanol–water partition coefficient (Wildman–Crippen LogP) is 3.97. The molecule has 1 atom stereocenters. The number of carbonyl (C=O) groups is 3. The van der Waals surface area contributed by atoms with Crippen LogP contribution in [-0.2, 0) is 14.4 Å². The second kappa shape index (κ2) is 8.09. The van der Waals surface area contributed by atoms with Crippen LogP contribution in [0.3, 0.4) is 0 Å². The number of carboxylic acids is 1. The van der Waals surface area contributed by atoms with Crippen LogP contribution in [0.4, 0.5) is 0 Å². The van der Waals surface area contributed by atoms with E-state index >= 15 is 0 Å². The van der Waals surface area contributed by atoms with Gasteiger partial charge in [-0.05, 0) is 41.3 Å². The number of aliphatic hydroxyl groups is 1. The van der Waals surface area contributed by atoms with E-state index in [1.165, 1.54) is 12.1 Å². The Morgan fingerprint density at radius 3 is 2.14 bits per heavy atom. The second-order valence-electron chi connectivity index (χ2n) is 7.15. The Hall–Kier alpha value is -3.12. The van der Waals surface area contributed by atoms with Gasteiger partial charge < -0.3 is 15.1 Å². The molecule has 0 aromatic heterocycles. The maximum absolute atomic E-state index is 12.7. The SMILES string of the molecule is CC(C)c1ccc(C2/C(=C(\O)c3ccc(Cl)cc3)C(=O)C(=O)N2CC(=O)O)cc1. The van der Waals surface area contributed by atoms with Crippen molar-refractivity contribution in [2.75, 3.05) is 6.54 Å². The quantitative estimate of drug-likeness (QED) is 0.439. The third-order valence-corrected chi connectivity index (χ3v) is 5.13. The number of hydrogen-bond acceptors (Lipinski definition) is 4. The van der Waals surface area contributed by atoms with E-state index in [2.05, 4.69) is 0 Å². The molecule has 6 nitrogen and oxygen atoms in total. The molecule has 1 heterocycles. The van der Waals surface area contributed by atoms with Crippen molar-refractivity contribution in [3.8, 4) is 0 Å². The molecule has 7 heteroatoms. The van der Waals surface area contributed by atoms with Crippen molar-refractivity contribution in [3.05, 3.63) is 75.8 Å². The molecule has 29 heavy (non-hydrogen) atoms. The van der Waals surface area contributed by atoms with E-state index in [1.807, 2.05) is 26.0 Å². The summed E-state index contributed by atoms with van der Waals surface area (Å²) in [7, 11) is 0. The van der Waals surface area contributed by atoms with Crippen LogP contribution < -0.4 is 0 Å². The smallest absolute Gasteiger partial charge is 0.323 e. The normalized spacial score (nSPS) is 18.5. The number of Topliss-reactive ketones (excluding diaryl/α,β-unsaturated/α-hetero) is 1. The number of carbonyl (C=O) groups excluding carboxylic acids is 2. The van der Waals surface area contributed by atoms with Gasteiger partial charge in [-0.1, -0.05) is 49.7 Å². The van der Waals surface area contributed by atoms with Crippen LogP contribution in [0.5, 0.6) is 0 Å². The Morgan fingerprint density at radius 2 is 1.62 bits per heavy atom. The first-order chi connectivity index (χ1) is 13.7. The predicted molar refractivity (Wildman–Crippen MR) is 109 cm³/mol. The standard InChI is InChI=1S/C22H20ClNO5/c1-12(2)13-3-5-14(6-4-13)19-18(20(27)15-7-9-16(23)10-8-15)21(28)22(29)24(19)11-17(25)26/h3-10,12,19,27H,11H2,1-2H3,(H,25,26)/b20-18+. The molecule has 0 bridgehead atoms. The van der Waals surface area contributed by atoms with E-state index in [1.54, 1.807) is 24.3 Å². The van der Waals surface area contributed by atoms with E-state index in [0.717, 1.165) is 10.5 Å². The molecule has 0 spiro atoms. The lowest BCUT2D eigenvalue weighted by Crippen LogP contribution is -2.34. The number of benzene rings is 2. The number of amides is 1. The maximum atomic E-state index is 12.7. The van der Waals surface area contributed by atoms with Crippen molar-refractivity contribution in [1.82, 2.24) is 4.90 Å². The summed E-state index contributed by atoms with van der Waals surface area (Å²) < 4.78 is 0. The molecule has 150 valence electrons. The maximum Gasteiger partial charge on any atom is 0.323 e. The van der Waals surface area contributed by atoms with Gasteiger partial charge in [0.25, 0.3) is 11.7 Å². The first-order valence-corrected chi connectivity index (χ1v) is 9.44. The van der Waals surface area contributed by atoms with Crippen molar-refractivity contribution in [2.24, 2.45) is 0 Å². The molecule has 1 aliphatic heterocycles. The summed E-state index contributed by atoms with van der Waals surface area (Å²) in [6, 6.07) is 12.4. The van der Waals surface area contributed by atoms with Gasteiger partial charge in [0.2, 0.25) is 0 Å². The number of rotatable bonds is 5. The second-order valence-corrected chi connectivity index (χ2v) is 7.59. The highest BCUT2D eigenvalue weighted by Crippen LogP contribution is 2.39. The van der Waals surface area contributed by atoms with E-state index in [-0.39, 0.29) is 17.3 Å². The van der Waals surface area contributed by atoms with Crippen molar-refractivity contribution in [1.29, 1.82) is 0 Å². The highest BCUT2D eigenvalue weighted by molar-refractivity contribution is 6.46. The van der Waals surface area contributed by atoms with Crippen molar-refractivity contribution in [3.63, 3.8) is 0 Å². The summed E-state index contributed by atoms with van der Waals surface area (Å²) in [5, 5.41) is 20.5. The van der Waals surface area contributed by atoms with Crippen LogP contribution >= 0.6 is 11.6 Å². The number of likely N-dealkylation sites (tertiary alicyclic amines) is 1. The minimum Gasteiger partial charge on any atom is -0.507 e. The Balaban J connectivity index is 2.16. The summed E-state index contributed by atoms with van der Waals surface area (Å²) in [4.78, 5) is 37.5. The zero-order valence-corrected chi connectivity index (χ0v) is 16.7. The molecule has 2 N–H and O–H groups in total. The molecule has 2 aromatic rings. The summed E-state index contributed by atoms with van der Waals surface area (Å²) in [5.41, 5.74) is 1.77. The van der Waals surface area contributed by atoms with Gasteiger partial charge in [0, 0.05) is 10.6 Å². The Morgan fingerprint density at radius 1 is 1.03 bits per heavy atom. The van der Waals surface area contributed by atoms with Crippen LogP contribution in [0.1, 0.15) is 42.5 Å². The molecule has 1 amide bonds. The van der Waals surface area contributed by atoms with E-state index < -0.39 is 30.2 Å². The highest BCUT2D eigenvalue weighted by atomic mass is 35.5. The average Bonchev–Trinajstić information content (AvgIpc) is 2.92. The molecule has 0 aliphatic carbocycles. The van der Waals surface area contributed by atoms with E-state index in [9.17, 15) is 24.6 Å². The number of aliphatic hydroxyl groups excluding tert-OH is 1. The lowest BCUT2D eigenvalue weighted by molar-refractivity contribution is -0.146. The minimum absolute atomic E-state index is 0.143. The van der Waals surface area contributed by atoms with Crippen molar-refractivity contribution >= 4 is 35.0 Å². The van der Waals surface area contributed by atoms with Gasteiger partial charge in [0.1, 0.15) is 12.3 Å². The molecule has 1 unspecified atom stereocenters. The van der Waals surface area contributed by atoms with Crippen molar-refractivity contribution in [2.45, 2.75) is 25.8 Å². The third-order valence-electron chi connectivity index (χ3n) is 4.88. The molecule has 1 fully saturated rings. The topological polar surface area (TPSA) is 94.9 Å². The monoisotopic (exact) mass is 413 g/mol. The van der Waals surface area contributed by atoms with E-state index in [0.29, 0.717) is 16.1 Å². The number of nitrogens with zero attached hydrogens (tertiary/aromatic N) is 1. The molecule has 0 saturated carbocycles. The lowest BCUT2D eigenvalue weighted by atomic mass is 9.93. The number of ketones is 1. The fourth-order valence-corrected chi connectivity index (χ4v) is 3.49. The lowest BCUT2D eigenvalue weighted by Gasteiger charge is -2.24. The van der Waals surface area contributed by atoms with Gasteiger partial charge in [0.05, 0.1) is 11.6 Å². The highest BCUT2D eigenvalue weighted by Gasteiger charge is 2.46. The zero-order chi connectivity index (χ0) is 21.3. The number of hydrogen-bond donors (Lipinski definition) is 2. The van der Waals surface area contributed by atoms with Crippen LogP contribution in [-0.4, -0.2) is 39.3 Å². The van der Waals surface area contributed by atoms with E-state index in [4.69, 9.17) is 11.6 Å².